The summed E-state index contributed by atoms with van der Waals surface area (Å²) < 4.78 is 0. The Morgan fingerprint density at radius 2 is 1.86 bits per heavy atom. The van der Waals surface area contributed by atoms with E-state index in [2.05, 4.69) is 10.2 Å². The van der Waals surface area contributed by atoms with Crippen molar-refractivity contribution in [1.29, 1.82) is 0 Å². The molecular weight excluding hydrogens is 376 g/mol. The van der Waals surface area contributed by atoms with E-state index in [0.717, 1.165) is 10.5 Å². The topological polar surface area (TPSA) is 133 Å². The number of benzene rings is 1. The molecule has 1 aromatic carbocycles. The first-order valence-corrected chi connectivity index (χ1v) is 9.78. The van der Waals surface area contributed by atoms with E-state index in [1.54, 1.807) is 12.1 Å². The van der Waals surface area contributed by atoms with Crippen LogP contribution in [0.1, 0.15) is 52.0 Å². The normalized spacial score (nSPS) is 24.6. The summed E-state index contributed by atoms with van der Waals surface area (Å²) in [5.74, 6) is -2.00. The van der Waals surface area contributed by atoms with Crippen LogP contribution in [0.5, 0.6) is 0 Å². The van der Waals surface area contributed by atoms with E-state index < -0.39 is 35.2 Å². The molecule has 2 saturated heterocycles. The number of nitrogens with one attached hydrogen (secondary N) is 1. The predicted molar refractivity (Wildman–Crippen MR) is 102 cm³/mol. The van der Waals surface area contributed by atoms with Gasteiger partial charge < -0.3 is 10.8 Å². The average Bonchev–Trinajstić information content (AvgIpc) is 2.96. The Balaban J connectivity index is 1.55. The fourth-order valence-electron chi connectivity index (χ4n) is 4.27. The molecule has 0 saturated carbocycles. The van der Waals surface area contributed by atoms with Gasteiger partial charge in [-0.1, -0.05) is 12.1 Å². The van der Waals surface area contributed by atoms with Crippen LogP contribution in [0.15, 0.2) is 18.2 Å². The van der Waals surface area contributed by atoms with Gasteiger partial charge in [-0.15, -0.1) is 0 Å². The number of carbonyl (C=O) groups excluding carboxylic acids is 4. The standard InChI is InChI=1S/C20H24N4O5/c21-20(11-25)6-8-23(9-7-20)10-12-2-1-3-13-16(12)19(29)24(18(13)28)14-4-5-15(26)22-17(14)27/h1-3,14,25H,4-11,21H2,(H,22,26,27). The molecule has 1 unspecified atom stereocenters. The Kier molecular flexibility index (Phi) is 4.97. The van der Waals surface area contributed by atoms with Crippen molar-refractivity contribution < 1.29 is 24.3 Å². The minimum absolute atomic E-state index is 0.0600. The van der Waals surface area contributed by atoms with Crippen LogP contribution >= 0.6 is 0 Å². The predicted octanol–water partition coefficient (Wildman–Crippen LogP) is -0.627. The van der Waals surface area contributed by atoms with Gasteiger partial charge in [-0.05, 0) is 30.9 Å². The van der Waals surface area contributed by atoms with Crippen LogP contribution in [-0.4, -0.2) is 69.8 Å². The highest BCUT2D eigenvalue weighted by Crippen LogP contribution is 2.31. The lowest BCUT2D eigenvalue weighted by Gasteiger charge is -2.38. The van der Waals surface area contributed by atoms with Gasteiger partial charge in [-0.25, -0.2) is 0 Å². The number of aliphatic hydroxyl groups excluding tert-OH is 1. The van der Waals surface area contributed by atoms with Crippen molar-refractivity contribution in [1.82, 2.24) is 15.1 Å². The number of amides is 4. The maximum absolute atomic E-state index is 13.1. The van der Waals surface area contributed by atoms with Crippen LogP contribution in [0.4, 0.5) is 0 Å². The number of hydrogen-bond acceptors (Lipinski definition) is 7. The Bertz CT molecular complexity index is 891. The zero-order valence-corrected chi connectivity index (χ0v) is 16.0. The lowest BCUT2D eigenvalue weighted by Crippen LogP contribution is -2.54. The summed E-state index contributed by atoms with van der Waals surface area (Å²) in [5.41, 5.74) is 6.90. The molecule has 4 rings (SSSR count). The van der Waals surface area contributed by atoms with E-state index in [1.807, 2.05) is 6.07 Å². The molecule has 0 bridgehead atoms. The highest BCUT2D eigenvalue weighted by molar-refractivity contribution is 6.24. The number of hydrogen-bond donors (Lipinski definition) is 3. The Hall–Kier alpha value is -2.62. The molecule has 0 radical (unpaired) electrons. The molecule has 0 spiro atoms. The number of carbonyl (C=O) groups is 4. The molecule has 3 aliphatic heterocycles. The van der Waals surface area contributed by atoms with Gasteiger partial charge in [0.2, 0.25) is 11.8 Å². The molecule has 9 heteroatoms. The molecule has 4 N–H and O–H groups in total. The van der Waals surface area contributed by atoms with Crippen LogP contribution in [0, 0.1) is 0 Å². The molecule has 1 aromatic rings. The summed E-state index contributed by atoms with van der Waals surface area (Å²) in [6.45, 7) is 1.78. The number of nitrogens with two attached hydrogens (primary N) is 1. The van der Waals surface area contributed by atoms with E-state index in [4.69, 9.17) is 5.73 Å². The van der Waals surface area contributed by atoms with Crippen LogP contribution in [0.3, 0.4) is 0 Å². The zero-order chi connectivity index (χ0) is 20.8. The molecule has 29 heavy (non-hydrogen) atoms. The summed E-state index contributed by atoms with van der Waals surface area (Å²) in [6.07, 6.45) is 1.52. The van der Waals surface area contributed by atoms with Gasteiger partial charge in [0.1, 0.15) is 6.04 Å². The van der Waals surface area contributed by atoms with E-state index >= 15 is 0 Å². The Morgan fingerprint density at radius 3 is 2.52 bits per heavy atom. The van der Waals surface area contributed by atoms with E-state index in [1.165, 1.54) is 0 Å². The van der Waals surface area contributed by atoms with E-state index in [-0.39, 0.29) is 25.0 Å². The van der Waals surface area contributed by atoms with Gasteiger partial charge in [0.15, 0.2) is 0 Å². The second-order valence-corrected chi connectivity index (χ2v) is 8.08. The molecule has 0 aliphatic carbocycles. The summed E-state index contributed by atoms with van der Waals surface area (Å²) in [6, 6.07) is 4.18. The van der Waals surface area contributed by atoms with E-state index in [9.17, 15) is 24.3 Å². The first-order valence-electron chi connectivity index (χ1n) is 9.78. The summed E-state index contributed by atoms with van der Waals surface area (Å²) in [7, 11) is 0. The number of piperidine rings is 2. The minimum atomic E-state index is -0.967. The summed E-state index contributed by atoms with van der Waals surface area (Å²) >= 11 is 0. The molecule has 4 amide bonds. The SMILES string of the molecule is NC1(CO)CCN(Cc2cccc3c2C(=O)N(C2CCC(=O)NC2=O)C3=O)CC1. The largest absolute Gasteiger partial charge is 0.394 e. The average molecular weight is 400 g/mol. The number of likely N-dealkylation sites (tertiary alicyclic amines) is 1. The van der Waals surface area contributed by atoms with Crippen molar-refractivity contribution in [2.75, 3.05) is 19.7 Å². The molecule has 3 heterocycles. The van der Waals surface area contributed by atoms with Crippen molar-refractivity contribution in [3.8, 4) is 0 Å². The zero-order valence-electron chi connectivity index (χ0n) is 16.0. The quantitative estimate of drug-likeness (QED) is 0.573. The van der Waals surface area contributed by atoms with Gasteiger partial charge in [0, 0.05) is 31.6 Å². The monoisotopic (exact) mass is 400 g/mol. The van der Waals surface area contributed by atoms with Crippen LogP contribution in [0.2, 0.25) is 0 Å². The third kappa shape index (κ3) is 3.45. The van der Waals surface area contributed by atoms with Gasteiger partial charge >= 0.3 is 0 Å². The highest BCUT2D eigenvalue weighted by Gasteiger charge is 2.45. The number of nitrogens with zero attached hydrogens (tertiary/aromatic N) is 2. The molecule has 154 valence electrons. The molecule has 3 aliphatic rings. The van der Waals surface area contributed by atoms with Crippen molar-refractivity contribution >= 4 is 23.6 Å². The number of imide groups is 2. The number of fused-ring (bicyclic) bond motifs is 1. The first-order chi connectivity index (χ1) is 13.8. The molecule has 1 atom stereocenters. The van der Waals surface area contributed by atoms with Gasteiger partial charge in [-0.2, -0.15) is 0 Å². The van der Waals surface area contributed by atoms with Crippen molar-refractivity contribution in [2.24, 2.45) is 5.73 Å². The number of aliphatic hydroxyl groups is 1. The lowest BCUT2D eigenvalue weighted by atomic mass is 9.89. The third-order valence-electron chi connectivity index (χ3n) is 6.12. The van der Waals surface area contributed by atoms with Crippen LogP contribution in [-0.2, 0) is 16.1 Å². The van der Waals surface area contributed by atoms with Gasteiger partial charge in [0.05, 0.1) is 17.7 Å². The summed E-state index contributed by atoms with van der Waals surface area (Å²) in [4.78, 5) is 52.7. The van der Waals surface area contributed by atoms with Gasteiger partial charge in [-0.3, -0.25) is 34.3 Å². The Morgan fingerprint density at radius 1 is 1.14 bits per heavy atom. The fourth-order valence-corrected chi connectivity index (χ4v) is 4.27. The maximum Gasteiger partial charge on any atom is 0.262 e. The Labute approximate surface area is 167 Å². The minimum Gasteiger partial charge on any atom is -0.394 e. The molecular formula is C20H24N4O5. The summed E-state index contributed by atoms with van der Waals surface area (Å²) in [5, 5.41) is 11.6. The number of rotatable bonds is 4. The molecule has 0 aromatic heterocycles. The van der Waals surface area contributed by atoms with E-state index in [0.29, 0.717) is 38.0 Å². The van der Waals surface area contributed by atoms with Crippen LogP contribution in [0.25, 0.3) is 0 Å². The van der Waals surface area contributed by atoms with Crippen molar-refractivity contribution in [2.45, 2.75) is 43.8 Å². The fraction of sp³-hybridized carbons (Fsp3) is 0.500. The highest BCUT2D eigenvalue weighted by atomic mass is 16.3. The van der Waals surface area contributed by atoms with Gasteiger partial charge in [0.25, 0.3) is 11.8 Å². The second-order valence-electron chi connectivity index (χ2n) is 8.08. The smallest absolute Gasteiger partial charge is 0.262 e. The van der Waals surface area contributed by atoms with Crippen molar-refractivity contribution in [3.63, 3.8) is 0 Å². The third-order valence-corrected chi connectivity index (χ3v) is 6.12. The maximum atomic E-state index is 13.1. The first kappa shape index (κ1) is 19.7. The lowest BCUT2D eigenvalue weighted by molar-refractivity contribution is -0.136. The van der Waals surface area contributed by atoms with Crippen molar-refractivity contribution in [3.05, 3.63) is 34.9 Å². The van der Waals surface area contributed by atoms with Crippen LogP contribution < -0.4 is 11.1 Å². The second kappa shape index (κ2) is 7.33. The molecule has 9 nitrogen and oxygen atoms in total. The molecule has 2 fully saturated rings.